The number of nitrogens with zero attached hydrogens (tertiary/aromatic N) is 2. The van der Waals surface area contributed by atoms with Gasteiger partial charge in [-0.2, -0.15) is 0 Å². The predicted molar refractivity (Wildman–Crippen MR) is 176 cm³/mol. The van der Waals surface area contributed by atoms with E-state index in [2.05, 4.69) is 114 Å². The lowest BCUT2D eigenvalue weighted by Crippen LogP contribution is -1.95. The Labute approximate surface area is 245 Å². The average molecular weight is 551 g/mol. The normalized spacial score (nSPS) is 12.2. The molecule has 0 radical (unpaired) electrons. The van der Waals surface area contributed by atoms with Gasteiger partial charge in [-0.1, -0.05) is 84.9 Å². The van der Waals surface area contributed by atoms with Crippen LogP contribution in [0.15, 0.2) is 142 Å². The smallest absolute Gasteiger partial charge is 0.227 e. The fraction of sp³-hybridized carbons (Fsp3) is 0. The van der Waals surface area contributed by atoms with Gasteiger partial charge in [-0.05, 0) is 64.7 Å². The summed E-state index contributed by atoms with van der Waals surface area (Å²) in [6.07, 6.45) is 0. The number of para-hydroxylation sites is 3. The number of aromatic nitrogens is 2. The summed E-state index contributed by atoms with van der Waals surface area (Å²) in [5, 5.41) is 9.37. The number of hydrogen-bond donors (Lipinski definition) is 0. The lowest BCUT2D eigenvalue weighted by atomic mass is 10.0. The molecule has 0 aliphatic heterocycles. The van der Waals surface area contributed by atoms with E-state index in [-0.39, 0.29) is 0 Å². The van der Waals surface area contributed by atoms with Crippen molar-refractivity contribution in [3.8, 4) is 17.1 Å². The summed E-state index contributed by atoms with van der Waals surface area (Å²) in [7, 11) is 0. The van der Waals surface area contributed by atoms with Crippen molar-refractivity contribution in [3.05, 3.63) is 133 Å². The van der Waals surface area contributed by atoms with E-state index in [1.165, 1.54) is 32.6 Å². The molecular weight excluding hydrogens is 528 g/mol. The SMILES string of the molecule is c1ccc2c(c1)cc(-n1c3ccccc3c3c4ccccc4ccc31)c1c3ccc(-c4nc5ccccc5o4)cc3oc21. The van der Waals surface area contributed by atoms with Crippen LogP contribution in [0.4, 0.5) is 0 Å². The first-order chi connectivity index (χ1) is 21.3. The Morgan fingerprint density at radius 2 is 1.26 bits per heavy atom. The van der Waals surface area contributed by atoms with Gasteiger partial charge < -0.3 is 13.4 Å². The van der Waals surface area contributed by atoms with Crippen molar-refractivity contribution in [3.63, 3.8) is 0 Å². The second-order valence-electron chi connectivity index (χ2n) is 11.2. The first-order valence-corrected chi connectivity index (χ1v) is 14.5. The number of furan rings is 1. The molecule has 0 spiro atoms. The molecule has 7 aromatic carbocycles. The Bertz CT molecular complexity index is 2710. The molecule has 3 heterocycles. The van der Waals surface area contributed by atoms with E-state index in [0.717, 1.165) is 55.1 Å². The van der Waals surface area contributed by atoms with Crippen molar-refractivity contribution in [2.24, 2.45) is 0 Å². The molecular formula is C39H22N2O2. The largest absolute Gasteiger partial charge is 0.455 e. The van der Waals surface area contributed by atoms with Crippen LogP contribution in [0.2, 0.25) is 0 Å². The van der Waals surface area contributed by atoms with Crippen LogP contribution in [-0.4, -0.2) is 9.55 Å². The molecule has 0 aliphatic rings. The van der Waals surface area contributed by atoms with Gasteiger partial charge in [0.05, 0.1) is 22.1 Å². The molecule has 0 saturated carbocycles. The van der Waals surface area contributed by atoms with Crippen molar-refractivity contribution in [1.29, 1.82) is 0 Å². The highest BCUT2D eigenvalue weighted by molar-refractivity contribution is 6.24. The van der Waals surface area contributed by atoms with E-state index >= 15 is 0 Å². The third-order valence-corrected chi connectivity index (χ3v) is 8.79. The fourth-order valence-electron chi connectivity index (χ4n) is 6.89. The highest BCUT2D eigenvalue weighted by Crippen LogP contribution is 2.44. The first kappa shape index (κ1) is 22.8. The van der Waals surface area contributed by atoms with Crippen molar-refractivity contribution in [1.82, 2.24) is 9.55 Å². The Morgan fingerprint density at radius 3 is 2.16 bits per heavy atom. The molecule has 0 N–H and O–H groups in total. The van der Waals surface area contributed by atoms with Crippen LogP contribution in [0.5, 0.6) is 0 Å². The van der Waals surface area contributed by atoms with Crippen molar-refractivity contribution < 1.29 is 8.83 Å². The van der Waals surface area contributed by atoms with E-state index in [0.29, 0.717) is 5.89 Å². The van der Waals surface area contributed by atoms with Gasteiger partial charge in [-0.15, -0.1) is 0 Å². The number of benzene rings is 7. The minimum absolute atomic E-state index is 0.586. The highest BCUT2D eigenvalue weighted by atomic mass is 16.3. The molecule has 43 heavy (non-hydrogen) atoms. The van der Waals surface area contributed by atoms with Crippen LogP contribution in [-0.2, 0) is 0 Å². The number of hydrogen-bond acceptors (Lipinski definition) is 3. The number of rotatable bonds is 2. The highest BCUT2D eigenvalue weighted by Gasteiger charge is 2.21. The summed E-state index contributed by atoms with van der Waals surface area (Å²) in [4.78, 5) is 4.73. The molecule has 0 fully saturated rings. The van der Waals surface area contributed by atoms with Crippen LogP contribution < -0.4 is 0 Å². The van der Waals surface area contributed by atoms with E-state index in [9.17, 15) is 0 Å². The van der Waals surface area contributed by atoms with E-state index in [4.69, 9.17) is 13.8 Å². The second kappa shape index (κ2) is 8.34. The molecule has 10 rings (SSSR count). The Kier molecular flexibility index (Phi) is 4.42. The molecule has 0 aliphatic carbocycles. The molecule has 0 bridgehead atoms. The van der Waals surface area contributed by atoms with Crippen LogP contribution in [0.25, 0.3) is 93.5 Å². The fourth-order valence-corrected chi connectivity index (χ4v) is 6.89. The predicted octanol–water partition coefficient (Wildman–Crippen LogP) is 10.8. The minimum atomic E-state index is 0.586. The van der Waals surface area contributed by atoms with Gasteiger partial charge in [0.15, 0.2) is 5.58 Å². The molecule has 10 aromatic rings. The van der Waals surface area contributed by atoms with Gasteiger partial charge in [0.2, 0.25) is 5.89 Å². The average Bonchev–Trinajstić information content (AvgIpc) is 3.76. The van der Waals surface area contributed by atoms with Gasteiger partial charge in [0.1, 0.15) is 16.7 Å². The van der Waals surface area contributed by atoms with Gasteiger partial charge in [0.25, 0.3) is 0 Å². The maximum Gasteiger partial charge on any atom is 0.227 e. The van der Waals surface area contributed by atoms with Crippen LogP contribution >= 0.6 is 0 Å². The standard InChI is InChI=1S/C39H22N2O2/c1-3-11-26-23(9-1)18-20-32-36(26)28-13-5-7-15-31(28)41(32)33-21-24-10-2-4-12-27(24)38-37(33)29-19-17-25(22-35(29)42-38)39-40-30-14-6-8-16-34(30)43-39/h1-22H. The van der Waals surface area contributed by atoms with Crippen LogP contribution in [0.3, 0.4) is 0 Å². The summed E-state index contributed by atoms with van der Waals surface area (Å²) < 4.78 is 15.3. The van der Waals surface area contributed by atoms with E-state index < -0.39 is 0 Å². The van der Waals surface area contributed by atoms with Crippen molar-refractivity contribution >= 4 is 76.4 Å². The molecule has 0 unspecified atom stereocenters. The Morgan fingerprint density at radius 1 is 0.488 bits per heavy atom. The number of oxazole rings is 1. The third kappa shape index (κ3) is 3.12. The molecule has 3 aromatic heterocycles. The minimum Gasteiger partial charge on any atom is -0.455 e. The van der Waals surface area contributed by atoms with E-state index in [1.807, 2.05) is 24.3 Å². The third-order valence-electron chi connectivity index (χ3n) is 8.79. The Hall–Kier alpha value is -5.87. The van der Waals surface area contributed by atoms with E-state index in [1.54, 1.807) is 0 Å². The monoisotopic (exact) mass is 550 g/mol. The van der Waals surface area contributed by atoms with Gasteiger partial charge in [0, 0.05) is 27.1 Å². The second-order valence-corrected chi connectivity index (χ2v) is 11.2. The summed E-state index contributed by atoms with van der Waals surface area (Å²) >= 11 is 0. The Balaban J connectivity index is 1.33. The first-order valence-electron chi connectivity index (χ1n) is 14.5. The molecule has 4 heteroatoms. The molecule has 0 saturated heterocycles. The molecule has 0 amide bonds. The lowest BCUT2D eigenvalue weighted by molar-refractivity contribution is 0.619. The molecule has 200 valence electrons. The quantitative estimate of drug-likeness (QED) is 0.215. The molecule has 0 atom stereocenters. The van der Waals surface area contributed by atoms with Crippen molar-refractivity contribution in [2.45, 2.75) is 0 Å². The lowest BCUT2D eigenvalue weighted by Gasteiger charge is -2.12. The topological polar surface area (TPSA) is 44.1 Å². The van der Waals surface area contributed by atoms with Crippen molar-refractivity contribution in [2.75, 3.05) is 0 Å². The van der Waals surface area contributed by atoms with Gasteiger partial charge in [-0.3, -0.25) is 0 Å². The summed E-state index contributed by atoms with van der Waals surface area (Å²) in [5.41, 5.74) is 7.63. The van der Waals surface area contributed by atoms with Gasteiger partial charge >= 0.3 is 0 Å². The van der Waals surface area contributed by atoms with Crippen LogP contribution in [0, 0.1) is 0 Å². The number of fused-ring (bicyclic) bond motifs is 11. The van der Waals surface area contributed by atoms with Crippen LogP contribution in [0.1, 0.15) is 0 Å². The zero-order valence-corrected chi connectivity index (χ0v) is 22.9. The van der Waals surface area contributed by atoms with Gasteiger partial charge in [-0.25, -0.2) is 4.98 Å². The zero-order valence-electron chi connectivity index (χ0n) is 22.9. The summed E-state index contributed by atoms with van der Waals surface area (Å²) in [6.45, 7) is 0. The zero-order chi connectivity index (χ0) is 28.1. The molecule has 4 nitrogen and oxygen atoms in total. The maximum absolute atomic E-state index is 6.75. The summed E-state index contributed by atoms with van der Waals surface area (Å²) in [6, 6.07) is 46.7. The maximum atomic E-state index is 6.75. The summed E-state index contributed by atoms with van der Waals surface area (Å²) in [5.74, 6) is 0.586.